The molecule has 0 aliphatic heterocycles. The monoisotopic (exact) mass is 383 g/mol. The summed E-state index contributed by atoms with van der Waals surface area (Å²) in [5.41, 5.74) is 0.913. The number of nitrogens with one attached hydrogen (secondary N) is 1. The summed E-state index contributed by atoms with van der Waals surface area (Å²) in [5, 5.41) is 12.4. The van der Waals surface area contributed by atoms with Crippen molar-refractivity contribution >= 4 is 22.4 Å². The average Bonchev–Trinajstić information content (AvgIpc) is 3.14. The highest BCUT2D eigenvalue weighted by Gasteiger charge is 2.09. The topological polar surface area (TPSA) is 73.3 Å². The van der Waals surface area contributed by atoms with E-state index < -0.39 is 0 Å². The number of methoxy groups -OCH3 is 1. The number of aryl methyl sites for hydroxylation is 1. The molecule has 0 aliphatic rings. The first-order chi connectivity index (χ1) is 13.2. The van der Waals surface area contributed by atoms with Crippen molar-refractivity contribution in [2.45, 2.75) is 19.3 Å². The smallest absolute Gasteiger partial charge is 0.230 e. The second kappa shape index (κ2) is 9.68. The molecule has 1 aromatic heterocycles. The van der Waals surface area contributed by atoms with Gasteiger partial charge in [0, 0.05) is 6.42 Å². The standard InChI is InChI=1S/C20H21N3O3S/c1-25-16-11-9-15(10-12-16)14-18(24)21-20-23-22-19(27-20)8-5-13-26-17-6-3-2-4-7-17/h2-4,6-7,9-12H,5,8,13-14H2,1H3,(H,21,23,24). The zero-order chi connectivity index (χ0) is 18.9. The van der Waals surface area contributed by atoms with Crippen molar-refractivity contribution in [3.63, 3.8) is 0 Å². The molecule has 0 saturated heterocycles. The maximum Gasteiger partial charge on any atom is 0.230 e. The lowest BCUT2D eigenvalue weighted by molar-refractivity contribution is -0.115. The van der Waals surface area contributed by atoms with E-state index in [0.717, 1.165) is 34.9 Å². The van der Waals surface area contributed by atoms with Crippen LogP contribution in [0.2, 0.25) is 0 Å². The number of anilines is 1. The first kappa shape index (κ1) is 18.8. The third-order valence-electron chi connectivity index (χ3n) is 3.78. The van der Waals surface area contributed by atoms with Crippen LogP contribution in [-0.2, 0) is 17.6 Å². The number of hydrogen-bond acceptors (Lipinski definition) is 6. The molecule has 3 rings (SSSR count). The van der Waals surface area contributed by atoms with Crippen molar-refractivity contribution in [2.24, 2.45) is 0 Å². The van der Waals surface area contributed by atoms with E-state index in [1.54, 1.807) is 7.11 Å². The Balaban J connectivity index is 1.41. The largest absolute Gasteiger partial charge is 0.497 e. The van der Waals surface area contributed by atoms with Crippen LogP contribution in [0, 0.1) is 0 Å². The van der Waals surface area contributed by atoms with Crippen molar-refractivity contribution in [1.29, 1.82) is 0 Å². The molecule has 0 spiro atoms. The van der Waals surface area contributed by atoms with Crippen LogP contribution in [0.4, 0.5) is 5.13 Å². The molecule has 7 heteroatoms. The molecule has 1 amide bonds. The van der Waals surface area contributed by atoms with Crippen LogP contribution in [-0.4, -0.2) is 29.8 Å². The third kappa shape index (κ3) is 6.07. The number of aromatic nitrogens is 2. The van der Waals surface area contributed by atoms with Gasteiger partial charge in [0.25, 0.3) is 0 Å². The lowest BCUT2D eigenvalue weighted by Crippen LogP contribution is -2.14. The van der Waals surface area contributed by atoms with Crippen molar-refractivity contribution in [2.75, 3.05) is 19.0 Å². The van der Waals surface area contributed by atoms with Gasteiger partial charge in [-0.15, -0.1) is 10.2 Å². The van der Waals surface area contributed by atoms with E-state index in [9.17, 15) is 4.79 Å². The molecule has 2 aromatic carbocycles. The van der Waals surface area contributed by atoms with Gasteiger partial charge in [0.05, 0.1) is 20.1 Å². The highest BCUT2D eigenvalue weighted by molar-refractivity contribution is 7.15. The highest BCUT2D eigenvalue weighted by Crippen LogP contribution is 2.18. The van der Waals surface area contributed by atoms with Crippen molar-refractivity contribution in [3.8, 4) is 11.5 Å². The molecule has 3 aromatic rings. The van der Waals surface area contributed by atoms with Crippen LogP contribution in [0.25, 0.3) is 0 Å². The number of hydrogen-bond donors (Lipinski definition) is 1. The second-order valence-electron chi connectivity index (χ2n) is 5.84. The first-order valence-corrected chi connectivity index (χ1v) is 9.47. The van der Waals surface area contributed by atoms with Crippen molar-refractivity contribution in [1.82, 2.24) is 10.2 Å². The third-order valence-corrected chi connectivity index (χ3v) is 4.68. The van der Waals surface area contributed by atoms with Gasteiger partial charge in [-0.1, -0.05) is 41.7 Å². The van der Waals surface area contributed by atoms with Gasteiger partial charge in [-0.05, 0) is 36.2 Å². The minimum absolute atomic E-state index is 0.115. The maximum atomic E-state index is 12.1. The fourth-order valence-electron chi connectivity index (χ4n) is 2.43. The van der Waals surface area contributed by atoms with Crippen LogP contribution < -0.4 is 14.8 Å². The number of para-hydroxylation sites is 1. The summed E-state index contributed by atoms with van der Waals surface area (Å²) in [6.45, 7) is 0.614. The van der Waals surface area contributed by atoms with E-state index in [1.165, 1.54) is 11.3 Å². The number of carbonyl (C=O) groups is 1. The minimum Gasteiger partial charge on any atom is -0.497 e. The minimum atomic E-state index is -0.115. The Morgan fingerprint density at radius 1 is 1.04 bits per heavy atom. The normalized spacial score (nSPS) is 10.4. The molecule has 0 fully saturated rings. The van der Waals surface area contributed by atoms with Gasteiger partial charge < -0.3 is 14.8 Å². The van der Waals surface area contributed by atoms with Crippen LogP contribution in [0.1, 0.15) is 17.0 Å². The summed E-state index contributed by atoms with van der Waals surface area (Å²) in [5.74, 6) is 1.51. The molecular weight excluding hydrogens is 362 g/mol. The molecule has 140 valence electrons. The Labute approximate surface area is 162 Å². The van der Waals surface area contributed by atoms with Gasteiger partial charge in [-0.25, -0.2) is 0 Å². The second-order valence-corrected chi connectivity index (χ2v) is 6.90. The molecule has 0 atom stereocenters. The number of ether oxygens (including phenoxy) is 2. The molecule has 0 radical (unpaired) electrons. The summed E-state index contributed by atoms with van der Waals surface area (Å²) in [7, 11) is 1.61. The zero-order valence-corrected chi connectivity index (χ0v) is 15.9. The Hall–Kier alpha value is -2.93. The SMILES string of the molecule is COc1ccc(CC(=O)Nc2nnc(CCCOc3ccccc3)s2)cc1. The van der Waals surface area contributed by atoms with Crippen LogP contribution >= 0.6 is 11.3 Å². The molecular formula is C20H21N3O3S. The number of benzene rings is 2. The number of carbonyl (C=O) groups excluding carboxylic acids is 1. The highest BCUT2D eigenvalue weighted by atomic mass is 32.1. The summed E-state index contributed by atoms with van der Waals surface area (Å²) in [6.07, 6.45) is 1.88. The lowest BCUT2D eigenvalue weighted by atomic mass is 10.1. The molecule has 6 nitrogen and oxygen atoms in total. The van der Waals surface area contributed by atoms with E-state index in [1.807, 2.05) is 54.6 Å². The summed E-state index contributed by atoms with van der Waals surface area (Å²) >= 11 is 1.39. The van der Waals surface area contributed by atoms with Crippen molar-refractivity contribution < 1.29 is 14.3 Å². The van der Waals surface area contributed by atoms with Crippen LogP contribution in [0.3, 0.4) is 0 Å². The Kier molecular flexibility index (Phi) is 6.76. The molecule has 0 bridgehead atoms. The molecule has 1 N–H and O–H groups in total. The van der Waals surface area contributed by atoms with Crippen LogP contribution in [0.15, 0.2) is 54.6 Å². The molecule has 27 heavy (non-hydrogen) atoms. The number of nitrogens with zero attached hydrogens (tertiary/aromatic N) is 2. The van der Waals surface area contributed by atoms with E-state index in [4.69, 9.17) is 9.47 Å². The summed E-state index contributed by atoms with van der Waals surface area (Å²) in [6, 6.07) is 17.1. The predicted molar refractivity (Wildman–Crippen MR) is 105 cm³/mol. The lowest BCUT2D eigenvalue weighted by Gasteiger charge is -2.04. The van der Waals surface area contributed by atoms with Gasteiger partial charge in [0.2, 0.25) is 11.0 Å². The number of amides is 1. The fraction of sp³-hybridized carbons (Fsp3) is 0.250. The van der Waals surface area contributed by atoms with Crippen LogP contribution in [0.5, 0.6) is 11.5 Å². The molecule has 0 aliphatic carbocycles. The first-order valence-electron chi connectivity index (χ1n) is 8.66. The van der Waals surface area contributed by atoms with Crippen molar-refractivity contribution in [3.05, 3.63) is 65.2 Å². The van der Waals surface area contributed by atoms with Gasteiger partial charge in [0.15, 0.2) is 0 Å². The average molecular weight is 383 g/mol. The van der Waals surface area contributed by atoms with Gasteiger partial charge >= 0.3 is 0 Å². The van der Waals surface area contributed by atoms with E-state index in [0.29, 0.717) is 11.7 Å². The van der Waals surface area contributed by atoms with Gasteiger partial charge in [-0.3, -0.25) is 4.79 Å². The summed E-state index contributed by atoms with van der Waals surface area (Å²) < 4.78 is 10.8. The fourth-order valence-corrected chi connectivity index (χ4v) is 3.23. The maximum absolute atomic E-state index is 12.1. The molecule has 1 heterocycles. The molecule has 0 unspecified atom stereocenters. The van der Waals surface area contributed by atoms with E-state index in [2.05, 4.69) is 15.5 Å². The molecule has 0 saturated carbocycles. The van der Waals surface area contributed by atoms with Gasteiger partial charge in [-0.2, -0.15) is 0 Å². The Morgan fingerprint density at radius 2 is 1.81 bits per heavy atom. The Bertz CT molecular complexity index is 850. The Morgan fingerprint density at radius 3 is 2.56 bits per heavy atom. The zero-order valence-electron chi connectivity index (χ0n) is 15.1. The predicted octanol–water partition coefficient (Wildman–Crippen LogP) is 3.74. The summed E-state index contributed by atoms with van der Waals surface area (Å²) in [4.78, 5) is 12.1. The quantitative estimate of drug-likeness (QED) is 0.570. The van der Waals surface area contributed by atoms with Gasteiger partial charge in [0.1, 0.15) is 16.5 Å². The number of rotatable bonds is 9. The van der Waals surface area contributed by atoms with E-state index >= 15 is 0 Å². The van der Waals surface area contributed by atoms with E-state index in [-0.39, 0.29) is 12.3 Å².